The Morgan fingerprint density at radius 2 is 1.72 bits per heavy atom. The Balaban J connectivity index is 1.66. The maximum Gasteiger partial charge on any atom is 0.254 e. The van der Waals surface area contributed by atoms with Gasteiger partial charge in [-0.15, -0.1) is 0 Å². The standard InChI is InChI=1S/C30H40N4O5/c1-21(2)28(35)33(19-22-8-5-10-25(16-22)38-3)24-18-27(30(37)32-14-7-12-31-13-15-32)34(20-24)29(36)23-9-6-11-26(17-23)39-4/h5-6,8-11,16-17,21,24,27,31H,7,12-15,18-20H2,1-4H3. The van der Waals surface area contributed by atoms with Crippen LogP contribution < -0.4 is 14.8 Å². The maximum atomic E-state index is 13.9. The maximum absolute atomic E-state index is 13.9. The minimum absolute atomic E-state index is 0.0105. The summed E-state index contributed by atoms with van der Waals surface area (Å²) in [7, 11) is 3.17. The van der Waals surface area contributed by atoms with E-state index in [1.165, 1.54) is 0 Å². The number of ether oxygens (including phenoxy) is 2. The fourth-order valence-electron chi connectivity index (χ4n) is 5.38. The van der Waals surface area contributed by atoms with E-state index in [9.17, 15) is 14.4 Å². The van der Waals surface area contributed by atoms with Crippen LogP contribution in [0.4, 0.5) is 0 Å². The summed E-state index contributed by atoms with van der Waals surface area (Å²) >= 11 is 0. The molecule has 39 heavy (non-hydrogen) atoms. The van der Waals surface area contributed by atoms with Crippen LogP contribution in [0.25, 0.3) is 0 Å². The zero-order valence-electron chi connectivity index (χ0n) is 23.4. The number of hydrogen-bond acceptors (Lipinski definition) is 6. The molecule has 210 valence electrons. The summed E-state index contributed by atoms with van der Waals surface area (Å²) in [6.45, 7) is 7.23. The lowest BCUT2D eigenvalue weighted by Crippen LogP contribution is -2.48. The molecule has 2 aromatic rings. The highest BCUT2D eigenvalue weighted by Crippen LogP contribution is 2.29. The van der Waals surface area contributed by atoms with E-state index in [-0.39, 0.29) is 36.2 Å². The molecule has 2 unspecified atom stereocenters. The normalized spacial score (nSPS) is 19.5. The monoisotopic (exact) mass is 536 g/mol. The van der Waals surface area contributed by atoms with E-state index in [1.807, 2.05) is 47.9 Å². The number of hydrogen-bond donors (Lipinski definition) is 1. The number of benzene rings is 2. The molecule has 2 heterocycles. The lowest BCUT2D eigenvalue weighted by molar-refractivity contribution is -0.138. The van der Waals surface area contributed by atoms with Crippen molar-refractivity contribution < 1.29 is 23.9 Å². The van der Waals surface area contributed by atoms with Gasteiger partial charge >= 0.3 is 0 Å². The molecule has 9 nitrogen and oxygen atoms in total. The fourth-order valence-corrected chi connectivity index (χ4v) is 5.38. The van der Waals surface area contributed by atoms with Crippen LogP contribution >= 0.6 is 0 Å². The zero-order chi connectivity index (χ0) is 27.9. The van der Waals surface area contributed by atoms with Gasteiger partial charge in [0, 0.05) is 44.2 Å². The lowest BCUT2D eigenvalue weighted by Gasteiger charge is -2.31. The van der Waals surface area contributed by atoms with Crippen molar-refractivity contribution in [2.75, 3.05) is 46.9 Å². The number of likely N-dealkylation sites (tertiary alicyclic amines) is 1. The number of nitrogens with zero attached hydrogens (tertiary/aromatic N) is 3. The van der Waals surface area contributed by atoms with Gasteiger partial charge in [-0.1, -0.05) is 32.0 Å². The van der Waals surface area contributed by atoms with Crippen LogP contribution in [-0.4, -0.2) is 91.4 Å². The molecule has 0 aromatic heterocycles. The topological polar surface area (TPSA) is 91.4 Å². The van der Waals surface area contributed by atoms with E-state index in [0.29, 0.717) is 43.1 Å². The molecule has 1 N–H and O–H groups in total. The van der Waals surface area contributed by atoms with Crippen molar-refractivity contribution in [2.45, 2.75) is 45.3 Å². The second kappa shape index (κ2) is 13.0. The number of amides is 3. The highest BCUT2D eigenvalue weighted by molar-refractivity contribution is 5.98. The van der Waals surface area contributed by atoms with Gasteiger partial charge in [0.15, 0.2) is 0 Å². The van der Waals surface area contributed by atoms with Gasteiger partial charge < -0.3 is 29.5 Å². The molecule has 0 saturated carbocycles. The smallest absolute Gasteiger partial charge is 0.254 e. The van der Waals surface area contributed by atoms with Crippen molar-refractivity contribution in [2.24, 2.45) is 5.92 Å². The van der Waals surface area contributed by atoms with Gasteiger partial charge in [-0.25, -0.2) is 0 Å². The summed E-state index contributed by atoms with van der Waals surface area (Å²) in [6, 6.07) is 13.7. The van der Waals surface area contributed by atoms with Crippen LogP contribution in [0.2, 0.25) is 0 Å². The predicted molar refractivity (Wildman–Crippen MR) is 149 cm³/mol. The van der Waals surface area contributed by atoms with E-state index in [1.54, 1.807) is 43.4 Å². The number of methoxy groups -OCH3 is 2. The summed E-state index contributed by atoms with van der Waals surface area (Å²) in [5.41, 5.74) is 1.39. The van der Waals surface area contributed by atoms with Gasteiger partial charge in [-0.05, 0) is 55.3 Å². The highest BCUT2D eigenvalue weighted by Gasteiger charge is 2.45. The molecule has 2 aliphatic rings. The molecule has 3 amide bonds. The Hall–Kier alpha value is -3.59. The Bertz CT molecular complexity index is 1160. The Kier molecular flexibility index (Phi) is 9.45. The molecule has 2 aromatic carbocycles. The molecular formula is C30H40N4O5. The van der Waals surface area contributed by atoms with Crippen LogP contribution in [0, 0.1) is 5.92 Å². The molecule has 9 heteroatoms. The van der Waals surface area contributed by atoms with Crippen molar-refractivity contribution in [3.8, 4) is 11.5 Å². The predicted octanol–water partition coefficient (Wildman–Crippen LogP) is 2.79. The van der Waals surface area contributed by atoms with Crippen molar-refractivity contribution in [3.05, 3.63) is 59.7 Å². The van der Waals surface area contributed by atoms with Crippen molar-refractivity contribution in [1.29, 1.82) is 0 Å². The van der Waals surface area contributed by atoms with E-state index in [2.05, 4.69) is 5.32 Å². The van der Waals surface area contributed by atoms with Crippen molar-refractivity contribution in [3.63, 3.8) is 0 Å². The van der Waals surface area contributed by atoms with E-state index >= 15 is 0 Å². The average Bonchev–Trinajstić information content (AvgIpc) is 3.21. The largest absolute Gasteiger partial charge is 0.497 e. The summed E-state index contributed by atoms with van der Waals surface area (Å²) < 4.78 is 10.7. The molecule has 0 spiro atoms. The van der Waals surface area contributed by atoms with E-state index in [0.717, 1.165) is 25.1 Å². The first-order valence-electron chi connectivity index (χ1n) is 13.7. The molecule has 0 aliphatic carbocycles. The minimum Gasteiger partial charge on any atom is -0.497 e. The lowest BCUT2D eigenvalue weighted by atomic mass is 10.1. The zero-order valence-corrected chi connectivity index (χ0v) is 23.4. The van der Waals surface area contributed by atoms with Gasteiger partial charge in [0.25, 0.3) is 5.91 Å². The molecular weight excluding hydrogens is 496 g/mol. The molecule has 0 radical (unpaired) electrons. The van der Waals surface area contributed by atoms with Crippen LogP contribution in [0.5, 0.6) is 11.5 Å². The SMILES string of the molecule is COc1cccc(CN(C(=O)C(C)C)C2CC(C(=O)N3CCCNCC3)N(C(=O)c3cccc(OC)c3)C2)c1. The first kappa shape index (κ1) is 28.4. The second-order valence-electron chi connectivity index (χ2n) is 10.5. The number of carbonyl (C=O) groups excluding carboxylic acids is 3. The first-order chi connectivity index (χ1) is 18.8. The van der Waals surface area contributed by atoms with Gasteiger partial charge in [0.05, 0.1) is 20.3 Å². The second-order valence-corrected chi connectivity index (χ2v) is 10.5. The van der Waals surface area contributed by atoms with Gasteiger partial charge in [0.1, 0.15) is 17.5 Å². The third kappa shape index (κ3) is 6.71. The van der Waals surface area contributed by atoms with Gasteiger partial charge in [0.2, 0.25) is 11.8 Å². The Labute approximate surface area is 231 Å². The Morgan fingerprint density at radius 3 is 2.44 bits per heavy atom. The molecule has 2 aliphatic heterocycles. The van der Waals surface area contributed by atoms with Crippen molar-refractivity contribution >= 4 is 17.7 Å². The quantitative estimate of drug-likeness (QED) is 0.558. The average molecular weight is 537 g/mol. The van der Waals surface area contributed by atoms with Gasteiger partial charge in [-0.2, -0.15) is 0 Å². The summed E-state index contributed by atoms with van der Waals surface area (Å²) in [6.07, 6.45) is 1.25. The number of carbonyl (C=O) groups is 3. The molecule has 4 rings (SSSR count). The van der Waals surface area contributed by atoms with Crippen LogP contribution in [0.15, 0.2) is 48.5 Å². The fraction of sp³-hybridized carbons (Fsp3) is 0.500. The van der Waals surface area contributed by atoms with Crippen LogP contribution in [0.3, 0.4) is 0 Å². The highest BCUT2D eigenvalue weighted by atomic mass is 16.5. The third-order valence-electron chi connectivity index (χ3n) is 7.50. The minimum atomic E-state index is -0.653. The molecule has 2 fully saturated rings. The summed E-state index contributed by atoms with van der Waals surface area (Å²) in [5.74, 6) is 0.756. The van der Waals surface area contributed by atoms with E-state index in [4.69, 9.17) is 9.47 Å². The summed E-state index contributed by atoms with van der Waals surface area (Å²) in [4.78, 5) is 46.6. The first-order valence-corrected chi connectivity index (χ1v) is 13.7. The molecule has 2 atom stereocenters. The van der Waals surface area contributed by atoms with Crippen molar-refractivity contribution in [1.82, 2.24) is 20.0 Å². The number of nitrogens with one attached hydrogen (secondary N) is 1. The van der Waals surface area contributed by atoms with Crippen LogP contribution in [0.1, 0.15) is 42.6 Å². The third-order valence-corrected chi connectivity index (χ3v) is 7.50. The van der Waals surface area contributed by atoms with Gasteiger partial charge in [-0.3, -0.25) is 14.4 Å². The van der Waals surface area contributed by atoms with E-state index < -0.39 is 6.04 Å². The molecule has 0 bridgehead atoms. The number of rotatable bonds is 8. The molecule has 2 saturated heterocycles. The summed E-state index contributed by atoms with van der Waals surface area (Å²) in [5, 5.41) is 3.33. The Morgan fingerprint density at radius 1 is 1.00 bits per heavy atom. The van der Waals surface area contributed by atoms with Crippen LogP contribution in [-0.2, 0) is 16.1 Å².